The van der Waals surface area contributed by atoms with Crippen LogP contribution < -0.4 is 4.74 Å². The van der Waals surface area contributed by atoms with E-state index in [9.17, 15) is 4.79 Å². The molecule has 1 atom stereocenters. The number of allylic oxidation sites excluding steroid dienone is 3. The Kier molecular flexibility index (Phi) is 4.11. The first-order valence-corrected chi connectivity index (χ1v) is 8.86. The Balaban J connectivity index is 1.60. The van der Waals surface area contributed by atoms with E-state index in [0.717, 1.165) is 33.6 Å². The number of hydrogen-bond donors (Lipinski definition) is 0. The van der Waals surface area contributed by atoms with E-state index in [2.05, 4.69) is 35.9 Å². The Morgan fingerprint density at radius 3 is 2.69 bits per heavy atom. The number of Topliss-reactive ketones (excluding diaryl/α,β-unsaturated/α-hetero) is 1. The molecule has 0 N–H and O–H groups in total. The number of nitrogens with zero attached hydrogens (tertiary/aromatic N) is 2. The van der Waals surface area contributed by atoms with Gasteiger partial charge in [0.15, 0.2) is 5.78 Å². The lowest BCUT2D eigenvalue weighted by atomic mass is 9.93. The molecule has 0 spiro atoms. The summed E-state index contributed by atoms with van der Waals surface area (Å²) in [6, 6.07) is 11.8. The van der Waals surface area contributed by atoms with Crippen molar-refractivity contribution in [3.63, 3.8) is 0 Å². The SMILES string of the molecule is COc1ccc2cc(C(=O)C3CN=C4C=C(C)C=C(C)N4C3)ccc2c1. The Labute approximate surface area is 153 Å². The summed E-state index contributed by atoms with van der Waals surface area (Å²) in [4.78, 5) is 19.9. The Morgan fingerprint density at radius 2 is 1.88 bits per heavy atom. The van der Waals surface area contributed by atoms with Crippen molar-refractivity contribution in [3.8, 4) is 5.75 Å². The summed E-state index contributed by atoms with van der Waals surface area (Å²) < 4.78 is 5.27. The summed E-state index contributed by atoms with van der Waals surface area (Å²) in [5.74, 6) is 1.83. The normalized spacial score (nSPS) is 19.4. The molecule has 4 nitrogen and oxygen atoms in total. The van der Waals surface area contributed by atoms with Crippen LogP contribution in [0.15, 0.2) is 64.8 Å². The standard InChI is InChI=1S/C22H22N2O2/c1-14-8-15(2)24-13-19(12-23-21(24)9-14)22(25)18-5-4-17-11-20(26-3)7-6-16(17)10-18/h4-11,19H,12-13H2,1-3H3. The van der Waals surface area contributed by atoms with Gasteiger partial charge < -0.3 is 9.64 Å². The second-order valence-electron chi connectivity index (χ2n) is 6.97. The summed E-state index contributed by atoms with van der Waals surface area (Å²) in [5, 5.41) is 2.12. The monoisotopic (exact) mass is 346 g/mol. The van der Waals surface area contributed by atoms with Crippen molar-refractivity contribution >= 4 is 22.4 Å². The molecule has 0 saturated carbocycles. The molecule has 4 rings (SSSR count). The van der Waals surface area contributed by atoms with Crippen LogP contribution in [0.1, 0.15) is 24.2 Å². The Hall–Kier alpha value is -2.88. The maximum absolute atomic E-state index is 13.1. The van der Waals surface area contributed by atoms with E-state index in [1.54, 1.807) is 7.11 Å². The molecule has 2 heterocycles. The third kappa shape index (κ3) is 2.92. The highest BCUT2D eigenvalue weighted by Crippen LogP contribution is 2.26. The van der Waals surface area contributed by atoms with Gasteiger partial charge >= 0.3 is 0 Å². The van der Waals surface area contributed by atoms with Gasteiger partial charge in [-0.3, -0.25) is 9.79 Å². The van der Waals surface area contributed by atoms with Gasteiger partial charge in [0.2, 0.25) is 0 Å². The second kappa shape index (κ2) is 6.45. The molecule has 2 aliphatic rings. The molecule has 0 aromatic heterocycles. The largest absolute Gasteiger partial charge is 0.497 e. The minimum Gasteiger partial charge on any atom is -0.497 e. The van der Waals surface area contributed by atoms with E-state index >= 15 is 0 Å². The van der Waals surface area contributed by atoms with Crippen LogP contribution in [0.2, 0.25) is 0 Å². The molecule has 0 amide bonds. The number of carbonyl (C=O) groups is 1. The van der Waals surface area contributed by atoms with Gasteiger partial charge in [0, 0.05) is 17.8 Å². The smallest absolute Gasteiger partial charge is 0.169 e. The van der Waals surface area contributed by atoms with Crippen molar-refractivity contribution in [1.82, 2.24) is 4.90 Å². The fraction of sp³-hybridized carbons (Fsp3) is 0.273. The lowest BCUT2D eigenvalue weighted by Gasteiger charge is -2.35. The Morgan fingerprint density at radius 1 is 1.12 bits per heavy atom. The van der Waals surface area contributed by atoms with Crippen LogP contribution in [0.4, 0.5) is 0 Å². The number of aliphatic imine (C=N–C) groups is 1. The number of ketones is 1. The molecule has 0 saturated heterocycles. The van der Waals surface area contributed by atoms with Crippen LogP contribution in [-0.4, -0.2) is 36.7 Å². The average Bonchev–Trinajstić information content (AvgIpc) is 2.66. The van der Waals surface area contributed by atoms with Gasteiger partial charge in [-0.2, -0.15) is 0 Å². The topological polar surface area (TPSA) is 41.9 Å². The van der Waals surface area contributed by atoms with Crippen molar-refractivity contribution in [2.24, 2.45) is 10.9 Å². The number of ether oxygens (including phenoxy) is 1. The molecule has 4 heteroatoms. The number of fused-ring (bicyclic) bond motifs is 2. The van der Waals surface area contributed by atoms with Gasteiger partial charge in [-0.1, -0.05) is 18.2 Å². The molecule has 0 aliphatic carbocycles. The first-order valence-electron chi connectivity index (χ1n) is 8.86. The third-order valence-electron chi connectivity index (χ3n) is 5.07. The zero-order valence-corrected chi connectivity index (χ0v) is 15.3. The van der Waals surface area contributed by atoms with Gasteiger partial charge in [-0.25, -0.2) is 0 Å². The molecule has 2 aliphatic heterocycles. The van der Waals surface area contributed by atoms with Gasteiger partial charge in [0.1, 0.15) is 11.6 Å². The molecule has 26 heavy (non-hydrogen) atoms. The fourth-order valence-corrected chi connectivity index (χ4v) is 3.67. The van der Waals surface area contributed by atoms with Crippen molar-refractivity contribution < 1.29 is 9.53 Å². The van der Waals surface area contributed by atoms with Crippen LogP contribution in [0, 0.1) is 5.92 Å². The van der Waals surface area contributed by atoms with E-state index < -0.39 is 0 Å². The summed E-state index contributed by atoms with van der Waals surface area (Å²) in [7, 11) is 1.66. The van der Waals surface area contributed by atoms with Crippen molar-refractivity contribution in [3.05, 3.63) is 65.4 Å². The molecule has 2 aromatic rings. The van der Waals surface area contributed by atoms with Crippen LogP contribution in [0.25, 0.3) is 10.8 Å². The molecular weight excluding hydrogens is 324 g/mol. The average molecular weight is 346 g/mol. The predicted octanol–water partition coefficient (Wildman–Crippen LogP) is 4.23. The summed E-state index contributed by atoms with van der Waals surface area (Å²) in [5.41, 5.74) is 3.09. The summed E-state index contributed by atoms with van der Waals surface area (Å²) >= 11 is 0. The van der Waals surface area contributed by atoms with Crippen LogP contribution >= 0.6 is 0 Å². The van der Waals surface area contributed by atoms with Crippen LogP contribution in [0.5, 0.6) is 5.75 Å². The van der Waals surface area contributed by atoms with Crippen molar-refractivity contribution in [1.29, 1.82) is 0 Å². The van der Waals surface area contributed by atoms with E-state index in [-0.39, 0.29) is 11.7 Å². The van der Waals surface area contributed by atoms with Crippen LogP contribution in [-0.2, 0) is 0 Å². The van der Waals surface area contributed by atoms with Gasteiger partial charge in [0.25, 0.3) is 0 Å². The second-order valence-corrected chi connectivity index (χ2v) is 6.97. The van der Waals surface area contributed by atoms with Crippen molar-refractivity contribution in [2.45, 2.75) is 13.8 Å². The molecule has 1 unspecified atom stereocenters. The molecule has 0 radical (unpaired) electrons. The highest BCUT2D eigenvalue weighted by molar-refractivity contribution is 6.03. The van der Waals surface area contributed by atoms with E-state index in [1.165, 1.54) is 5.57 Å². The Bertz CT molecular complexity index is 985. The lowest BCUT2D eigenvalue weighted by Crippen LogP contribution is -2.42. The highest BCUT2D eigenvalue weighted by atomic mass is 16.5. The molecule has 132 valence electrons. The first kappa shape index (κ1) is 16.6. The molecule has 2 aromatic carbocycles. The molecular formula is C22H22N2O2. The minimum atomic E-state index is -0.121. The third-order valence-corrected chi connectivity index (χ3v) is 5.07. The predicted molar refractivity (Wildman–Crippen MR) is 105 cm³/mol. The lowest BCUT2D eigenvalue weighted by molar-refractivity contribution is 0.0907. The quantitative estimate of drug-likeness (QED) is 0.781. The van der Waals surface area contributed by atoms with Gasteiger partial charge in [-0.05, 0) is 60.5 Å². The molecule has 0 bridgehead atoms. The summed E-state index contributed by atoms with van der Waals surface area (Å²) in [6.07, 6.45) is 4.21. The first-order chi connectivity index (χ1) is 12.5. The summed E-state index contributed by atoms with van der Waals surface area (Å²) in [6.45, 7) is 5.37. The van der Waals surface area contributed by atoms with Gasteiger partial charge in [-0.15, -0.1) is 0 Å². The fourth-order valence-electron chi connectivity index (χ4n) is 3.67. The number of amidine groups is 1. The van der Waals surface area contributed by atoms with E-state index in [0.29, 0.717) is 13.1 Å². The number of methoxy groups -OCH3 is 1. The minimum absolute atomic E-state index is 0.121. The van der Waals surface area contributed by atoms with E-state index in [1.807, 2.05) is 36.4 Å². The van der Waals surface area contributed by atoms with E-state index in [4.69, 9.17) is 4.74 Å². The number of hydrogen-bond acceptors (Lipinski definition) is 4. The maximum atomic E-state index is 13.1. The number of rotatable bonds is 3. The number of benzene rings is 2. The zero-order valence-electron chi connectivity index (χ0n) is 15.3. The zero-order chi connectivity index (χ0) is 18.3. The van der Waals surface area contributed by atoms with Crippen molar-refractivity contribution in [2.75, 3.05) is 20.2 Å². The van der Waals surface area contributed by atoms with Crippen LogP contribution in [0.3, 0.4) is 0 Å². The molecule has 0 fully saturated rings. The van der Waals surface area contributed by atoms with Gasteiger partial charge in [0.05, 0.1) is 19.6 Å². The maximum Gasteiger partial charge on any atom is 0.169 e. The number of carbonyl (C=O) groups excluding carboxylic acids is 1. The highest BCUT2D eigenvalue weighted by Gasteiger charge is 2.29.